The van der Waals surface area contributed by atoms with Crippen LogP contribution < -0.4 is 4.74 Å². The first-order valence-electron chi connectivity index (χ1n) is 7.91. The van der Waals surface area contributed by atoms with Crippen LogP contribution in [0.4, 0.5) is 0 Å². The molecule has 6 nitrogen and oxygen atoms in total. The number of hydrogen-bond donors (Lipinski definition) is 0. The molecule has 2 heterocycles. The molecule has 0 N–H and O–H groups in total. The van der Waals surface area contributed by atoms with E-state index >= 15 is 0 Å². The molecule has 0 saturated carbocycles. The molecule has 0 bridgehead atoms. The molecule has 2 aromatic rings. The minimum atomic E-state index is 0.302. The predicted octanol–water partition coefficient (Wildman–Crippen LogP) is 2.51. The summed E-state index contributed by atoms with van der Waals surface area (Å²) >= 11 is 0. The Kier molecular flexibility index (Phi) is 4.89. The minimum absolute atomic E-state index is 0.302. The first kappa shape index (κ1) is 15.5. The van der Waals surface area contributed by atoms with Crippen molar-refractivity contribution in [3.05, 3.63) is 41.5 Å². The number of ether oxygens (including phenoxy) is 1. The molecule has 1 aliphatic heterocycles. The van der Waals surface area contributed by atoms with E-state index in [1.54, 1.807) is 6.07 Å². The predicted molar refractivity (Wildman–Crippen MR) is 84.1 cm³/mol. The van der Waals surface area contributed by atoms with Crippen molar-refractivity contribution < 1.29 is 9.26 Å². The van der Waals surface area contributed by atoms with Gasteiger partial charge in [-0.3, -0.25) is 4.90 Å². The lowest BCUT2D eigenvalue weighted by Crippen LogP contribution is -2.37. The number of benzene rings is 1. The molecule has 3 rings (SSSR count). The van der Waals surface area contributed by atoms with Gasteiger partial charge in [0.15, 0.2) is 5.82 Å². The zero-order valence-corrected chi connectivity index (χ0v) is 13.2. The van der Waals surface area contributed by atoms with Crippen molar-refractivity contribution in [2.45, 2.75) is 25.7 Å². The lowest BCUT2D eigenvalue weighted by atomic mass is 9.98. The van der Waals surface area contributed by atoms with Crippen molar-refractivity contribution in [3.63, 3.8) is 0 Å². The smallest absolute Gasteiger partial charge is 0.231 e. The summed E-state index contributed by atoms with van der Waals surface area (Å²) in [5.41, 5.74) is 0.574. The molecule has 0 unspecified atom stereocenters. The van der Waals surface area contributed by atoms with Crippen molar-refractivity contribution in [1.82, 2.24) is 15.0 Å². The standard InChI is InChI=1S/C17H20N4O2/c1-13-19-17(23-20-13)15-6-4-8-21(12-15)9-10-22-16-7-3-2-5-14(16)11-18/h2-3,5,7,15H,4,6,8-10,12H2,1H3/t15-/m1/s1. The quantitative estimate of drug-likeness (QED) is 0.844. The third-order valence-corrected chi connectivity index (χ3v) is 4.07. The second kappa shape index (κ2) is 7.25. The summed E-state index contributed by atoms with van der Waals surface area (Å²) in [6.45, 7) is 5.18. The van der Waals surface area contributed by atoms with Crippen LogP contribution in [-0.4, -0.2) is 41.3 Å². The molecule has 23 heavy (non-hydrogen) atoms. The second-order valence-electron chi connectivity index (χ2n) is 5.78. The van der Waals surface area contributed by atoms with E-state index in [0.29, 0.717) is 29.7 Å². The fourth-order valence-electron chi connectivity index (χ4n) is 2.91. The van der Waals surface area contributed by atoms with Gasteiger partial charge in [0.25, 0.3) is 0 Å². The summed E-state index contributed by atoms with van der Waals surface area (Å²) in [4.78, 5) is 6.70. The van der Waals surface area contributed by atoms with E-state index in [1.165, 1.54) is 0 Å². The van der Waals surface area contributed by atoms with Crippen molar-refractivity contribution in [2.24, 2.45) is 0 Å². The van der Waals surface area contributed by atoms with Gasteiger partial charge >= 0.3 is 0 Å². The topological polar surface area (TPSA) is 75.2 Å². The average molecular weight is 312 g/mol. The van der Waals surface area contributed by atoms with Crippen molar-refractivity contribution in [1.29, 1.82) is 5.26 Å². The molecule has 1 fully saturated rings. The van der Waals surface area contributed by atoms with Crippen LogP contribution in [0, 0.1) is 18.3 Å². The lowest BCUT2D eigenvalue weighted by Gasteiger charge is -2.30. The van der Waals surface area contributed by atoms with Crippen LogP contribution in [0.1, 0.15) is 36.0 Å². The summed E-state index contributed by atoms with van der Waals surface area (Å²) in [7, 11) is 0. The molecule has 0 aliphatic carbocycles. The monoisotopic (exact) mass is 312 g/mol. The van der Waals surface area contributed by atoms with Gasteiger partial charge in [0, 0.05) is 13.1 Å². The van der Waals surface area contributed by atoms with E-state index in [4.69, 9.17) is 14.5 Å². The van der Waals surface area contributed by atoms with E-state index in [-0.39, 0.29) is 0 Å². The van der Waals surface area contributed by atoms with Crippen molar-refractivity contribution in [3.8, 4) is 11.8 Å². The SMILES string of the molecule is Cc1noc([C@@H]2CCCN(CCOc3ccccc3C#N)C2)n1. The number of hydrogen-bond acceptors (Lipinski definition) is 6. The Morgan fingerprint density at radius 2 is 2.30 bits per heavy atom. The number of nitriles is 1. The van der Waals surface area contributed by atoms with Gasteiger partial charge in [0.05, 0.1) is 11.5 Å². The summed E-state index contributed by atoms with van der Waals surface area (Å²) in [6, 6.07) is 9.47. The Morgan fingerprint density at radius 1 is 1.43 bits per heavy atom. The number of aromatic nitrogens is 2. The number of rotatable bonds is 5. The highest BCUT2D eigenvalue weighted by Gasteiger charge is 2.25. The third kappa shape index (κ3) is 3.88. The number of likely N-dealkylation sites (tertiary alicyclic amines) is 1. The van der Waals surface area contributed by atoms with E-state index in [9.17, 15) is 0 Å². The molecule has 1 aliphatic rings. The largest absolute Gasteiger partial charge is 0.491 e. The van der Waals surface area contributed by atoms with Gasteiger partial charge in [-0.05, 0) is 38.4 Å². The summed E-state index contributed by atoms with van der Waals surface area (Å²) < 4.78 is 11.1. The van der Waals surface area contributed by atoms with Gasteiger partial charge < -0.3 is 9.26 Å². The van der Waals surface area contributed by atoms with Crippen LogP contribution >= 0.6 is 0 Å². The molecule has 0 radical (unpaired) electrons. The highest BCUT2D eigenvalue weighted by molar-refractivity contribution is 5.42. The number of piperidine rings is 1. The van der Waals surface area contributed by atoms with Gasteiger partial charge in [-0.15, -0.1) is 0 Å². The molecular formula is C17H20N4O2. The van der Waals surface area contributed by atoms with E-state index in [0.717, 1.165) is 38.4 Å². The zero-order chi connectivity index (χ0) is 16.1. The van der Waals surface area contributed by atoms with Crippen molar-refractivity contribution in [2.75, 3.05) is 26.2 Å². The maximum absolute atomic E-state index is 9.07. The van der Waals surface area contributed by atoms with E-state index < -0.39 is 0 Å². The van der Waals surface area contributed by atoms with Crippen molar-refractivity contribution >= 4 is 0 Å². The Balaban J connectivity index is 1.51. The minimum Gasteiger partial charge on any atom is -0.491 e. The molecule has 1 saturated heterocycles. The first-order chi connectivity index (χ1) is 11.3. The van der Waals surface area contributed by atoms with Crippen LogP contribution in [0.2, 0.25) is 0 Å². The molecule has 6 heteroatoms. The maximum atomic E-state index is 9.07. The Morgan fingerprint density at radius 3 is 3.09 bits per heavy atom. The van der Waals surface area contributed by atoms with Gasteiger partial charge in [-0.2, -0.15) is 10.2 Å². The van der Waals surface area contributed by atoms with Crippen LogP contribution in [-0.2, 0) is 0 Å². The number of nitrogens with zero attached hydrogens (tertiary/aromatic N) is 4. The average Bonchev–Trinajstić information content (AvgIpc) is 3.02. The molecule has 1 atom stereocenters. The fraction of sp³-hybridized carbons (Fsp3) is 0.471. The highest BCUT2D eigenvalue weighted by atomic mass is 16.5. The molecule has 1 aromatic carbocycles. The lowest BCUT2D eigenvalue weighted by molar-refractivity contribution is 0.157. The second-order valence-corrected chi connectivity index (χ2v) is 5.78. The normalized spacial score (nSPS) is 18.5. The third-order valence-electron chi connectivity index (χ3n) is 4.07. The number of para-hydroxylation sites is 1. The highest BCUT2D eigenvalue weighted by Crippen LogP contribution is 2.25. The maximum Gasteiger partial charge on any atom is 0.231 e. The summed E-state index contributed by atoms with van der Waals surface area (Å²) in [5, 5.41) is 12.9. The van der Waals surface area contributed by atoms with E-state index in [2.05, 4.69) is 21.1 Å². The molecule has 120 valence electrons. The summed E-state index contributed by atoms with van der Waals surface area (Å²) in [6.07, 6.45) is 2.19. The van der Waals surface area contributed by atoms with Gasteiger partial charge in [-0.25, -0.2) is 0 Å². The summed E-state index contributed by atoms with van der Waals surface area (Å²) in [5.74, 6) is 2.38. The van der Waals surface area contributed by atoms with E-state index in [1.807, 2.05) is 25.1 Å². The molecule has 0 spiro atoms. The Hall–Kier alpha value is -2.39. The van der Waals surface area contributed by atoms with Gasteiger partial charge in [0.2, 0.25) is 5.89 Å². The van der Waals surface area contributed by atoms with Crippen LogP contribution in [0.25, 0.3) is 0 Å². The zero-order valence-electron chi connectivity index (χ0n) is 13.2. The van der Waals surface area contributed by atoms with Gasteiger partial charge in [0.1, 0.15) is 18.4 Å². The Labute approximate surface area is 135 Å². The molecular weight excluding hydrogens is 292 g/mol. The van der Waals surface area contributed by atoms with Crippen LogP contribution in [0.5, 0.6) is 5.75 Å². The van der Waals surface area contributed by atoms with Crippen LogP contribution in [0.3, 0.4) is 0 Å². The Bertz CT molecular complexity index is 692. The van der Waals surface area contributed by atoms with Gasteiger partial charge in [-0.1, -0.05) is 17.3 Å². The number of aryl methyl sites for hydroxylation is 1. The molecule has 1 aromatic heterocycles. The molecule has 0 amide bonds. The fourth-order valence-corrected chi connectivity index (χ4v) is 2.91. The van der Waals surface area contributed by atoms with Crippen LogP contribution in [0.15, 0.2) is 28.8 Å². The first-order valence-corrected chi connectivity index (χ1v) is 7.91.